The van der Waals surface area contributed by atoms with E-state index >= 15 is 0 Å². The molecule has 8 rings (SSSR count). The average Bonchev–Trinajstić information content (AvgIpc) is 3.82. The second-order valence-corrected chi connectivity index (χ2v) is 13.6. The number of ether oxygens (including phenoxy) is 1. The molecular weight excluding hydrogens is 601 g/mol. The molecule has 3 unspecified atom stereocenters. The minimum Gasteiger partial charge on any atom is -0.462 e. The maximum atomic E-state index is 13.9. The van der Waals surface area contributed by atoms with Crippen molar-refractivity contribution < 1.29 is 9.53 Å². The van der Waals surface area contributed by atoms with Gasteiger partial charge in [-0.25, -0.2) is 4.79 Å². The number of carbonyl (C=O) groups is 1. The summed E-state index contributed by atoms with van der Waals surface area (Å²) in [6.07, 6.45) is 10.9. The first-order valence-corrected chi connectivity index (χ1v) is 17.7. The van der Waals surface area contributed by atoms with Gasteiger partial charge in [0, 0.05) is 32.9 Å². The van der Waals surface area contributed by atoms with Crippen molar-refractivity contribution in [2.45, 2.75) is 38.5 Å². The van der Waals surface area contributed by atoms with Crippen molar-refractivity contribution in [1.82, 2.24) is 9.13 Å². The molecule has 5 aromatic carbocycles. The molecule has 4 nitrogen and oxygen atoms in total. The lowest BCUT2D eigenvalue weighted by molar-refractivity contribution is 0.0497. The van der Waals surface area contributed by atoms with Crippen molar-refractivity contribution >= 4 is 49.6 Å². The summed E-state index contributed by atoms with van der Waals surface area (Å²) < 4.78 is 10.5. The van der Waals surface area contributed by atoms with E-state index in [1.165, 1.54) is 40.8 Å². The number of hydrogen-bond acceptors (Lipinski definition) is 2. The monoisotopic (exact) mass is 642 g/mol. The Bertz CT molecular complexity index is 2100. The zero-order valence-corrected chi connectivity index (χ0v) is 27.9. The summed E-state index contributed by atoms with van der Waals surface area (Å²) >= 11 is 0. The fraction of sp³-hybridized carbons (Fsp3) is 0.222. The molecule has 0 N–H and O–H groups in total. The zero-order chi connectivity index (χ0) is 33.3. The van der Waals surface area contributed by atoms with Crippen LogP contribution in [0.5, 0.6) is 0 Å². The Morgan fingerprint density at radius 1 is 0.633 bits per heavy atom. The van der Waals surface area contributed by atoms with E-state index < -0.39 is 0 Å². The number of nitrogens with zero attached hydrogens (tertiary/aromatic N) is 2. The molecule has 0 amide bonds. The molecule has 4 heteroatoms. The highest BCUT2D eigenvalue weighted by Gasteiger charge is 2.30. The molecule has 2 heterocycles. The summed E-state index contributed by atoms with van der Waals surface area (Å²) in [6, 6.07) is 40.1. The van der Waals surface area contributed by atoms with Crippen LogP contribution in [0.1, 0.15) is 48.9 Å². The number of benzene rings is 5. The van der Waals surface area contributed by atoms with Gasteiger partial charge < -0.3 is 13.9 Å². The van der Waals surface area contributed by atoms with E-state index in [0.717, 1.165) is 52.7 Å². The van der Waals surface area contributed by atoms with Gasteiger partial charge in [-0.1, -0.05) is 97.8 Å². The Kier molecular flexibility index (Phi) is 8.39. The van der Waals surface area contributed by atoms with Crippen LogP contribution in [0.3, 0.4) is 0 Å². The molecule has 1 aliphatic rings. The Labute approximate surface area is 287 Å². The number of rotatable bonds is 11. The van der Waals surface area contributed by atoms with Gasteiger partial charge in [0.15, 0.2) is 0 Å². The smallest absolute Gasteiger partial charge is 0.338 e. The number of allylic oxidation sites excluding steroid dienone is 2. The number of unbranched alkanes of at least 4 members (excludes halogenated alkanes) is 2. The zero-order valence-electron chi connectivity index (χ0n) is 27.9. The Balaban J connectivity index is 1.13. The number of fused-ring (bicyclic) bond motifs is 6. The van der Waals surface area contributed by atoms with Gasteiger partial charge in [0.2, 0.25) is 0 Å². The highest BCUT2D eigenvalue weighted by atomic mass is 16.5. The molecular formula is C45H42N2O2. The molecule has 0 radical (unpaired) electrons. The van der Waals surface area contributed by atoms with Crippen molar-refractivity contribution in [1.29, 1.82) is 0 Å². The van der Waals surface area contributed by atoms with Gasteiger partial charge in [0.05, 0.1) is 34.2 Å². The Hall–Kier alpha value is -5.35. The highest BCUT2D eigenvalue weighted by molar-refractivity contribution is 6.10. The summed E-state index contributed by atoms with van der Waals surface area (Å²) in [5, 5.41) is 4.73. The Morgan fingerprint density at radius 2 is 1.12 bits per heavy atom. The van der Waals surface area contributed by atoms with Crippen LogP contribution in [-0.4, -0.2) is 21.7 Å². The van der Waals surface area contributed by atoms with Crippen LogP contribution in [0.15, 0.2) is 141 Å². The van der Waals surface area contributed by atoms with E-state index in [-0.39, 0.29) is 5.97 Å². The molecule has 3 atom stereocenters. The van der Waals surface area contributed by atoms with Gasteiger partial charge >= 0.3 is 5.97 Å². The van der Waals surface area contributed by atoms with Crippen LogP contribution in [0, 0.1) is 17.8 Å². The van der Waals surface area contributed by atoms with E-state index in [1.807, 2.05) is 12.1 Å². The first-order chi connectivity index (χ1) is 24.1. The van der Waals surface area contributed by atoms with Gasteiger partial charge in [0.1, 0.15) is 0 Å². The maximum Gasteiger partial charge on any atom is 0.338 e. The summed E-state index contributed by atoms with van der Waals surface area (Å²) in [7, 11) is 0. The van der Waals surface area contributed by atoms with Crippen LogP contribution < -0.4 is 0 Å². The largest absolute Gasteiger partial charge is 0.462 e. The van der Waals surface area contributed by atoms with Gasteiger partial charge in [-0.2, -0.15) is 0 Å². The van der Waals surface area contributed by atoms with Crippen molar-refractivity contribution in [2.24, 2.45) is 17.8 Å². The van der Waals surface area contributed by atoms with Crippen molar-refractivity contribution in [3.8, 4) is 11.4 Å². The fourth-order valence-corrected chi connectivity index (χ4v) is 8.32. The van der Waals surface area contributed by atoms with E-state index in [1.54, 1.807) is 0 Å². The molecule has 0 saturated heterocycles. The average molecular weight is 643 g/mol. The second kappa shape index (κ2) is 13.3. The van der Waals surface area contributed by atoms with Crippen LogP contribution in [0.25, 0.3) is 55.0 Å². The van der Waals surface area contributed by atoms with Crippen LogP contribution in [0.4, 0.5) is 0 Å². The van der Waals surface area contributed by atoms with Gasteiger partial charge in [0.25, 0.3) is 0 Å². The molecule has 1 fully saturated rings. The molecule has 1 saturated carbocycles. The third-order valence-electron chi connectivity index (χ3n) is 10.7. The van der Waals surface area contributed by atoms with E-state index in [2.05, 4.69) is 138 Å². The van der Waals surface area contributed by atoms with Gasteiger partial charge in [-0.05, 0) is 85.9 Å². The molecule has 0 aliphatic heterocycles. The highest BCUT2D eigenvalue weighted by Crippen LogP contribution is 2.41. The van der Waals surface area contributed by atoms with Gasteiger partial charge in [-0.15, -0.1) is 13.2 Å². The summed E-state index contributed by atoms with van der Waals surface area (Å²) in [5.41, 5.74) is 6.80. The number of carbonyl (C=O) groups excluding carboxylic acids is 1. The summed E-state index contributed by atoms with van der Waals surface area (Å²) in [4.78, 5) is 13.9. The van der Waals surface area contributed by atoms with Crippen LogP contribution in [-0.2, 0) is 4.74 Å². The predicted octanol–water partition coefficient (Wildman–Crippen LogP) is 11.6. The standard InChI is InChI=1S/C45H42N2O2/c1-3-31-26-32(4-2)33(27-31)16-6-5-15-25-49-45(48)34-28-35(46-41-21-11-7-17-37(41)38-18-8-12-22-42(38)46)30-36(29-34)47-43-23-13-9-19-39(43)40-20-10-14-24-44(40)47/h3-4,7-14,17-24,28-33H,1-2,5-6,15-16,25-27H2. The third-order valence-corrected chi connectivity index (χ3v) is 10.7. The topological polar surface area (TPSA) is 36.2 Å². The number of aromatic nitrogens is 2. The molecule has 244 valence electrons. The quantitative estimate of drug-likeness (QED) is 0.0800. The van der Waals surface area contributed by atoms with Crippen LogP contribution in [0.2, 0.25) is 0 Å². The molecule has 7 aromatic rings. The summed E-state index contributed by atoms with van der Waals surface area (Å²) in [5.74, 6) is 1.60. The first-order valence-electron chi connectivity index (χ1n) is 17.7. The number of hydrogen-bond donors (Lipinski definition) is 0. The third kappa shape index (κ3) is 5.65. The molecule has 0 bridgehead atoms. The minimum atomic E-state index is -0.291. The van der Waals surface area contributed by atoms with Crippen LogP contribution >= 0.6 is 0 Å². The van der Waals surface area contributed by atoms with Crippen molar-refractivity contribution in [3.63, 3.8) is 0 Å². The van der Waals surface area contributed by atoms with E-state index in [4.69, 9.17) is 4.74 Å². The Morgan fingerprint density at radius 3 is 1.59 bits per heavy atom. The SMILES string of the molecule is C=CC1CC(C=C)C(CCCCCOC(=O)c2cc(-n3c4ccccc4c4ccccc43)cc(-n3c4ccccc4c4ccccc43)c2)C1. The van der Waals surface area contributed by atoms with Gasteiger partial charge in [-0.3, -0.25) is 0 Å². The molecule has 49 heavy (non-hydrogen) atoms. The lowest BCUT2D eigenvalue weighted by Gasteiger charge is -2.16. The fourth-order valence-electron chi connectivity index (χ4n) is 8.32. The molecule has 2 aromatic heterocycles. The summed E-state index contributed by atoms with van der Waals surface area (Å²) in [6.45, 7) is 8.50. The number of esters is 1. The van der Waals surface area contributed by atoms with E-state index in [0.29, 0.717) is 29.9 Å². The van der Waals surface area contributed by atoms with Crippen molar-refractivity contribution in [2.75, 3.05) is 6.61 Å². The molecule has 1 aliphatic carbocycles. The second-order valence-electron chi connectivity index (χ2n) is 13.6. The lowest BCUT2D eigenvalue weighted by atomic mass is 9.91. The normalized spacial score (nSPS) is 17.7. The number of para-hydroxylation sites is 4. The first kappa shape index (κ1) is 31.0. The maximum absolute atomic E-state index is 13.9. The predicted molar refractivity (Wildman–Crippen MR) is 204 cm³/mol. The minimum absolute atomic E-state index is 0.291. The van der Waals surface area contributed by atoms with Crippen molar-refractivity contribution in [3.05, 3.63) is 146 Å². The molecule has 0 spiro atoms. The lowest BCUT2D eigenvalue weighted by Crippen LogP contribution is -2.09. The van der Waals surface area contributed by atoms with E-state index in [9.17, 15) is 4.79 Å².